The van der Waals surface area contributed by atoms with Crippen LogP contribution in [0.4, 0.5) is 10.1 Å². The molecule has 0 radical (unpaired) electrons. The molecule has 2 rings (SSSR count). The number of nitrogens with zero attached hydrogens (tertiary/aromatic N) is 1. The fraction of sp³-hybridized carbons (Fsp3) is 0.625. The molecule has 0 amide bonds. The molecule has 1 heterocycles. The number of rotatable bonds is 5. The van der Waals surface area contributed by atoms with Gasteiger partial charge in [-0.1, -0.05) is 6.92 Å². The van der Waals surface area contributed by atoms with Crippen LogP contribution in [0.1, 0.15) is 33.1 Å². The van der Waals surface area contributed by atoms with Crippen molar-refractivity contribution in [2.24, 2.45) is 5.92 Å². The molecule has 0 aliphatic carbocycles. The second-order valence-corrected chi connectivity index (χ2v) is 6.62. The van der Waals surface area contributed by atoms with E-state index in [4.69, 9.17) is 0 Å². The fourth-order valence-corrected chi connectivity index (χ4v) is 3.36. The lowest BCUT2D eigenvalue weighted by atomic mass is 9.91. The molecule has 112 valence electrons. The molecular weight excluding hydrogens is 319 g/mol. The smallest absolute Gasteiger partial charge is 0.137 e. The second-order valence-electron chi connectivity index (χ2n) is 5.76. The van der Waals surface area contributed by atoms with Crippen molar-refractivity contribution in [1.82, 2.24) is 4.90 Å². The van der Waals surface area contributed by atoms with Gasteiger partial charge in [0.25, 0.3) is 0 Å². The predicted molar refractivity (Wildman–Crippen MR) is 86.6 cm³/mol. The first-order valence-electron chi connectivity index (χ1n) is 7.54. The highest BCUT2D eigenvalue weighted by molar-refractivity contribution is 9.10. The number of benzene rings is 1. The molecule has 1 aliphatic rings. The molecule has 0 bridgehead atoms. The van der Waals surface area contributed by atoms with E-state index in [1.165, 1.54) is 45.0 Å². The third-order valence-electron chi connectivity index (χ3n) is 4.10. The van der Waals surface area contributed by atoms with E-state index >= 15 is 0 Å². The molecule has 0 aromatic heterocycles. The summed E-state index contributed by atoms with van der Waals surface area (Å²) in [6.45, 7) is 8.08. The third-order valence-corrected chi connectivity index (χ3v) is 4.71. The van der Waals surface area contributed by atoms with E-state index in [9.17, 15) is 4.39 Å². The van der Waals surface area contributed by atoms with Gasteiger partial charge in [-0.05, 0) is 79.3 Å². The first-order valence-corrected chi connectivity index (χ1v) is 8.33. The highest BCUT2D eigenvalue weighted by Crippen LogP contribution is 2.25. The molecular formula is C16H24BrFN2. The topological polar surface area (TPSA) is 15.3 Å². The van der Waals surface area contributed by atoms with Gasteiger partial charge < -0.3 is 10.2 Å². The summed E-state index contributed by atoms with van der Waals surface area (Å²) in [6, 6.07) is 5.54. The van der Waals surface area contributed by atoms with Crippen LogP contribution in [0.2, 0.25) is 0 Å². The molecule has 1 aromatic carbocycles. The van der Waals surface area contributed by atoms with Crippen LogP contribution >= 0.6 is 15.9 Å². The van der Waals surface area contributed by atoms with Crippen LogP contribution in [0.25, 0.3) is 0 Å². The Morgan fingerprint density at radius 1 is 1.50 bits per heavy atom. The molecule has 1 fully saturated rings. The highest BCUT2D eigenvalue weighted by atomic mass is 79.9. The van der Waals surface area contributed by atoms with Crippen molar-refractivity contribution >= 4 is 21.6 Å². The van der Waals surface area contributed by atoms with Gasteiger partial charge in [0.05, 0.1) is 4.47 Å². The van der Waals surface area contributed by atoms with Gasteiger partial charge in [-0.2, -0.15) is 0 Å². The van der Waals surface area contributed by atoms with E-state index in [0.717, 1.165) is 5.69 Å². The first-order chi connectivity index (χ1) is 9.60. The molecule has 2 nitrogen and oxygen atoms in total. The maximum Gasteiger partial charge on any atom is 0.137 e. The summed E-state index contributed by atoms with van der Waals surface area (Å²) in [5.41, 5.74) is 0.985. The fourth-order valence-electron chi connectivity index (χ4n) is 2.99. The van der Waals surface area contributed by atoms with E-state index in [1.807, 2.05) is 12.1 Å². The zero-order chi connectivity index (χ0) is 14.5. The molecule has 4 heteroatoms. The van der Waals surface area contributed by atoms with E-state index in [0.29, 0.717) is 16.4 Å². The SMILES string of the molecule is CCCN1CCCC(C(C)Nc2ccc(F)c(Br)c2)C1. The van der Waals surface area contributed by atoms with Crippen molar-refractivity contribution in [2.45, 2.75) is 39.2 Å². The van der Waals surface area contributed by atoms with E-state index in [-0.39, 0.29) is 5.82 Å². The van der Waals surface area contributed by atoms with Gasteiger partial charge in [0, 0.05) is 18.3 Å². The standard InChI is InChI=1S/C16H24BrFN2/c1-3-8-20-9-4-5-13(11-20)12(2)19-14-6-7-16(18)15(17)10-14/h6-7,10,12-13,19H,3-5,8-9,11H2,1-2H3. The van der Waals surface area contributed by atoms with Gasteiger partial charge in [0.2, 0.25) is 0 Å². The van der Waals surface area contributed by atoms with Crippen LogP contribution in [0.15, 0.2) is 22.7 Å². The third kappa shape index (κ3) is 4.19. The average molecular weight is 343 g/mol. The van der Waals surface area contributed by atoms with Crippen LogP contribution in [0, 0.1) is 11.7 Å². The molecule has 0 spiro atoms. The van der Waals surface area contributed by atoms with Crippen LogP contribution < -0.4 is 5.32 Å². The lowest BCUT2D eigenvalue weighted by Gasteiger charge is -2.36. The minimum absolute atomic E-state index is 0.213. The summed E-state index contributed by atoms with van der Waals surface area (Å²) in [5, 5.41) is 3.52. The Morgan fingerprint density at radius 3 is 3.00 bits per heavy atom. The zero-order valence-electron chi connectivity index (χ0n) is 12.3. The summed E-state index contributed by atoms with van der Waals surface area (Å²) >= 11 is 3.24. The summed E-state index contributed by atoms with van der Waals surface area (Å²) in [5.74, 6) is 0.453. The highest BCUT2D eigenvalue weighted by Gasteiger charge is 2.24. The van der Waals surface area contributed by atoms with Crippen molar-refractivity contribution in [1.29, 1.82) is 0 Å². The summed E-state index contributed by atoms with van der Waals surface area (Å²) < 4.78 is 13.8. The van der Waals surface area contributed by atoms with Gasteiger partial charge in [-0.3, -0.25) is 0 Å². The van der Waals surface area contributed by atoms with Gasteiger partial charge in [0.1, 0.15) is 5.82 Å². The molecule has 2 unspecified atom stereocenters. The van der Waals surface area contributed by atoms with Crippen LogP contribution in [-0.4, -0.2) is 30.6 Å². The Kier molecular flexibility index (Phi) is 5.85. The van der Waals surface area contributed by atoms with E-state index in [1.54, 1.807) is 0 Å². The lowest BCUT2D eigenvalue weighted by Crippen LogP contribution is -2.42. The molecule has 1 saturated heterocycles. The lowest BCUT2D eigenvalue weighted by molar-refractivity contribution is 0.165. The number of nitrogens with one attached hydrogen (secondary N) is 1. The summed E-state index contributed by atoms with van der Waals surface area (Å²) in [4.78, 5) is 2.56. The molecule has 1 aromatic rings. The number of piperidine rings is 1. The predicted octanol–water partition coefficient (Wildman–Crippen LogP) is 4.51. The Balaban J connectivity index is 1.93. The minimum atomic E-state index is -0.213. The number of anilines is 1. The summed E-state index contributed by atoms with van der Waals surface area (Å²) in [7, 11) is 0. The Bertz CT molecular complexity index is 436. The Hall–Kier alpha value is -0.610. The molecule has 0 saturated carbocycles. The number of hydrogen-bond acceptors (Lipinski definition) is 2. The number of halogens is 2. The van der Waals surface area contributed by atoms with Crippen molar-refractivity contribution in [3.05, 3.63) is 28.5 Å². The quantitative estimate of drug-likeness (QED) is 0.846. The average Bonchev–Trinajstić information content (AvgIpc) is 2.43. The van der Waals surface area contributed by atoms with Gasteiger partial charge in [-0.25, -0.2) is 4.39 Å². The van der Waals surface area contributed by atoms with E-state index < -0.39 is 0 Å². The molecule has 20 heavy (non-hydrogen) atoms. The van der Waals surface area contributed by atoms with Gasteiger partial charge in [0.15, 0.2) is 0 Å². The maximum atomic E-state index is 13.2. The Morgan fingerprint density at radius 2 is 2.30 bits per heavy atom. The van der Waals surface area contributed by atoms with Gasteiger partial charge in [-0.15, -0.1) is 0 Å². The normalized spacial score (nSPS) is 21.7. The van der Waals surface area contributed by atoms with Gasteiger partial charge >= 0.3 is 0 Å². The first kappa shape index (κ1) is 15.8. The number of likely N-dealkylation sites (tertiary alicyclic amines) is 1. The van der Waals surface area contributed by atoms with Crippen molar-refractivity contribution in [2.75, 3.05) is 25.0 Å². The second kappa shape index (κ2) is 7.41. The monoisotopic (exact) mass is 342 g/mol. The summed E-state index contributed by atoms with van der Waals surface area (Å²) in [6.07, 6.45) is 3.78. The van der Waals surface area contributed by atoms with Crippen LogP contribution in [0.3, 0.4) is 0 Å². The molecule has 2 atom stereocenters. The van der Waals surface area contributed by atoms with E-state index in [2.05, 4.69) is 40.0 Å². The molecule has 1 N–H and O–H groups in total. The maximum absolute atomic E-state index is 13.2. The minimum Gasteiger partial charge on any atom is -0.382 e. The Labute approximate surface area is 129 Å². The van der Waals surface area contributed by atoms with Crippen molar-refractivity contribution in [3.8, 4) is 0 Å². The van der Waals surface area contributed by atoms with Crippen LogP contribution in [-0.2, 0) is 0 Å². The van der Waals surface area contributed by atoms with Crippen LogP contribution in [0.5, 0.6) is 0 Å². The number of hydrogen-bond donors (Lipinski definition) is 1. The van der Waals surface area contributed by atoms with Crippen molar-refractivity contribution in [3.63, 3.8) is 0 Å². The molecule has 1 aliphatic heterocycles. The van der Waals surface area contributed by atoms with Crippen molar-refractivity contribution < 1.29 is 4.39 Å². The largest absolute Gasteiger partial charge is 0.382 e. The zero-order valence-corrected chi connectivity index (χ0v) is 13.9.